The Kier molecular flexibility index (Phi) is 5.21. The van der Waals surface area contributed by atoms with Gasteiger partial charge >= 0.3 is 11.6 Å². The summed E-state index contributed by atoms with van der Waals surface area (Å²) in [6.07, 6.45) is 0. The first-order valence-electron chi connectivity index (χ1n) is 8.12. The van der Waals surface area contributed by atoms with Crippen LogP contribution in [0.4, 0.5) is 5.69 Å². The Balaban J connectivity index is 1.66. The lowest BCUT2D eigenvalue weighted by Crippen LogP contribution is -2.20. The maximum absolute atomic E-state index is 12.1. The molecule has 0 saturated heterocycles. The van der Waals surface area contributed by atoms with Crippen LogP contribution in [0, 0.1) is 6.92 Å². The number of aryl methyl sites for hydroxylation is 1. The van der Waals surface area contributed by atoms with Crippen molar-refractivity contribution >= 4 is 28.5 Å². The van der Waals surface area contributed by atoms with E-state index in [0.717, 1.165) is 10.9 Å². The van der Waals surface area contributed by atoms with Crippen LogP contribution in [0.2, 0.25) is 0 Å². The number of nitrogens with one attached hydrogen (secondary N) is 1. The summed E-state index contributed by atoms with van der Waals surface area (Å²) in [5, 5.41) is 3.44. The zero-order valence-electron chi connectivity index (χ0n) is 14.8. The van der Waals surface area contributed by atoms with Crippen molar-refractivity contribution in [3.05, 3.63) is 70.1 Å². The SMILES string of the molecule is COC(=O)c1cccc(NC(=O)COc2ccc3c(C)cc(=O)oc3c2)c1. The fourth-order valence-corrected chi connectivity index (χ4v) is 2.58. The van der Waals surface area contributed by atoms with Crippen molar-refractivity contribution in [2.75, 3.05) is 19.0 Å². The maximum atomic E-state index is 12.1. The van der Waals surface area contributed by atoms with Crippen LogP contribution in [0.3, 0.4) is 0 Å². The molecule has 0 bridgehead atoms. The van der Waals surface area contributed by atoms with Gasteiger partial charge in [0.15, 0.2) is 6.61 Å². The molecule has 7 nitrogen and oxygen atoms in total. The van der Waals surface area contributed by atoms with Gasteiger partial charge in [0.05, 0.1) is 12.7 Å². The van der Waals surface area contributed by atoms with Crippen molar-refractivity contribution in [1.29, 1.82) is 0 Å². The van der Waals surface area contributed by atoms with E-state index in [0.29, 0.717) is 22.6 Å². The molecule has 0 saturated carbocycles. The minimum atomic E-state index is -0.490. The highest BCUT2D eigenvalue weighted by atomic mass is 16.5. The molecule has 1 heterocycles. The summed E-state index contributed by atoms with van der Waals surface area (Å²) in [7, 11) is 1.29. The Morgan fingerprint density at radius 2 is 1.93 bits per heavy atom. The zero-order chi connectivity index (χ0) is 19.4. The van der Waals surface area contributed by atoms with Crippen LogP contribution < -0.4 is 15.7 Å². The van der Waals surface area contributed by atoms with Crippen molar-refractivity contribution < 1.29 is 23.5 Å². The van der Waals surface area contributed by atoms with E-state index in [9.17, 15) is 14.4 Å². The number of fused-ring (bicyclic) bond motifs is 1. The molecule has 138 valence electrons. The molecule has 1 amide bonds. The molecule has 0 aliphatic heterocycles. The third-order valence-electron chi connectivity index (χ3n) is 3.86. The van der Waals surface area contributed by atoms with E-state index in [2.05, 4.69) is 10.1 Å². The molecule has 1 aromatic heterocycles. The fourth-order valence-electron chi connectivity index (χ4n) is 2.58. The molecule has 0 aliphatic rings. The molecule has 0 unspecified atom stereocenters. The zero-order valence-corrected chi connectivity index (χ0v) is 14.8. The fraction of sp³-hybridized carbons (Fsp3) is 0.150. The molecule has 3 rings (SSSR count). The highest BCUT2D eigenvalue weighted by molar-refractivity contribution is 5.95. The predicted molar refractivity (Wildman–Crippen MR) is 99.1 cm³/mol. The van der Waals surface area contributed by atoms with Gasteiger partial charge in [0.2, 0.25) is 0 Å². The van der Waals surface area contributed by atoms with E-state index < -0.39 is 17.5 Å². The van der Waals surface area contributed by atoms with Gasteiger partial charge in [-0.05, 0) is 42.8 Å². The average Bonchev–Trinajstić information content (AvgIpc) is 2.65. The smallest absolute Gasteiger partial charge is 0.337 e. The van der Waals surface area contributed by atoms with Gasteiger partial charge in [0.1, 0.15) is 11.3 Å². The first-order chi connectivity index (χ1) is 13.0. The van der Waals surface area contributed by atoms with Gasteiger partial charge in [-0.1, -0.05) is 6.07 Å². The molecular weight excluding hydrogens is 350 g/mol. The van der Waals surface area contributed by atoms with Crippen molar-refractivity contribution in [1.82, 2.24) is 0 Å². The Morgan fingerprint density at radius 3 is 2.70 bits per heavy atom. The number of methoxy groups -OCH3 is 1. The standard InChI is InChI=1S/C20H17NO6/c1-12-8-19(23)27-17-10-15(6-7-16(12)17)26-11-18(22)21-14-5-3-4-13(9-14)20(24)25-2/h3-10H,11H2,1-2H3,(H,21,22). The van der Waals surface area contributed by atoms with Crippen LogP contribution in [0.25, 0.3) is 11.0 Å². The quantitative estimate of drug-likeness (QED) is 0.550. The largest absolute Gasteiger partial charge is 0.484 e. The van der Waals surface area contributed by atoms with Crippen LogP contribution in [0.15, 0.2) is 57.7 Å². The number of hydrogen-bond acceptors (Lipinski definition) is 6. The lowest BCUT2D eigenvalue weighted by molar-refractivity contribution is -0.118. The molecule has 7 heteroatoms. The topological polar surface area (TPSA) is 94.8 Å². The molecule has 1 N–H and O–H groups in total. The van der Waals surface area contributed by atoms with E-state index in [1.54, 1.807) is 36.4 Å². The average molecular weight is 367 g/mol. The van der Waals surface area contributed by atoms with Crippen molar-refractivity contribution in [2.24, 2.45) is 0 Å². The minimum absolute atomic E-state index is 0.246. The number of benzene rings is 2. The van der Waals surface area contributed by atoms with Crippen LogP contribution in [-0.4, -0.2) is 25.6 Å². The second kappa shape index (κ2) is 7.74. The van der Waals surface area contributed by atoms with Crippen LogP contribution in [0.5, 0.6) is 5.75 Å². The molecule has 0 spiro atoms. The first kappa shape index (κ1) is 18.2. The van der Waals surface area contributed by atoms with Crippen molar-refractivity contribution in [2.45, 2.75) is 6.92 Å². The third kappa shape index (κ3) is 4.33. The number of ether oxygens (including phenoxy) is 2. The molecule has 2 aromatic carbocycles. The summed E-state index contributed by atoms with van der Waals surface area (Å²) >= 11 is 0. The van der Waals surface area contributed by atoms with Gasteiger partial charge < -0.3 is 19.2 Å². The lowest BCUT2D eigenvalue weighted by atomic mass is 10.1. The first-order valence-corrected chi connectivity index (χ1v) is 8.12. The lowest BCUT2D eigenvalue weighted by Gasteiger charge is -2.09. The number of carbonyl (C=O) groups is 2. The maximum Gasteiger partial charge on any atom is 0.337 e. The summed E-state index contributed by atoms with van der Waals surface area (Å²) in [6, 6.07) is 12.8. The Bertz CT molecular complexity index is 1070. The van der Waals surface area contributed by atoms with Gasteiger partial charge in [-0.2, -0.15) is 0 Å². The van der Waals surface area contributed by atoms with Gasteiger partial charge in [-0.3, -0.25) is 4.79 Å². The Labute approximate surface area is 154 Å². The van der Waals surface area contributed by atoms with Gasteiger partial charge in [0.25, 0.3) is 5.91 Å². The summed E-state index contributed by atoms with van der Waals surface area (Å²) in [5.41, 5.74) is 1.53. The highest BCUT2D eigenvalue weighted by Gasteiger charge is 2.09. The van der Waals surface area contributed by atoms with Crippen LogP contribution in [0.1, 0.15) is 15.9 Å². The molecule has 0 aliphatic carbocycles. The van der Waals surface area contributed by atoms with E-state index in [-0.39, 0.29) is 6.61 Å². The molecule has 0 radical (unpaired) electrons. The minimum Gasteiger partial charge on any atom is -0.484 e. The molecular formula is C20H17NO6. The van der Waals surface area contributed by atoms with Crippen LogP contribution >= 0.6 is 0 Å². The van der Waals surface area contributed by atoms with Crippen molar-refractivity contribution in [3.8, 4) is 5.75 Å². The number of anilines is 1. The second-order valence-corrected chi connectivity index (χ2v) is 5.82. The Morgan fingerprint density at radius 1 is 1.11 bits per heavy atom. The van der Waals surface area contributed by atoms with E-state index in [1.165, 1.54) is 19.2 Å². The summed E-state index contributed by atoms with van der Waals surface area (Å²) in [4.78, 5) is 35.1. The number of rotatable bonds is 5. The van der Waals surface area contributed by atoms with Crippen LogP contribution in [-0.2, 0) is 9.53 Å². The van der Waals surface area contributed by atoms with Gasteiger partial charge in [-0.15, -0.1) is 0 Å². The number of hydrogen-bond donors (Lipinski definition) is 1. The number of esters is 1. The van der Waals surface area contributed by atoms with E-state index in [4.69, 9.17) is 9.15 Å². The highest BCUT2D eigenvalue weighted by Crippen LogP contribution is 2.22. The van der Waals surface area contributed by atoms with Gasteiger partial charge in [0, 0.05) is 23.2 Å². The summed E-state index contributed by atoms with van der Waals surface area (Å²) in [6.45, 7) is 1.57. The molecule has 3 aromatic rings. The third-order valence-corrected chi connectivity index (χ3v) is 3.86. The second-order valence-electron chi connectivity index (χ2n) is 5.82. The van der Waals surface area contributed by atoms with E-state index >= 15 is 0 Å². The monoisotopic (exact) mass is 367 g/mol. The normalized spacial score (nSPS) is 10.4. The predicted octanol–water partition coefficient (Wildman–Crippen LogP) is 2.91. The molecule has 0 fully saturated rings. The Hall–Kier alpha value is -3.61. The van der Waals surface area contributed by atoms with E-state index in [1.807, 2.05) is 6.92 Å². The molecule has 27 heavy (non-hydrogen) atoms. The van der Waals surface area contributed by atoms with Gasteiger partial charge in [-0.25, -0.2) is 9.59 Å². The summed E-state index contributed by atoms with van der Waals surface area (Å²) < 4.78 is 15.3. The molecule has 0 atom stereocenters. The summed E-state index contributed by atoms with van der Waals surface area (Å²) in [5.74, 6) is -0.493. The number of amides is 1. The van der Waals surface area contributed by atoms with Crippen molar-refractivity contribution in [3.63, 3.8) is 0 Å². The number of carbonyl (C=O) groups excluding carboxylic acids is 2.